The Kier molecular flexibility index (Phi) is 5.41. The molecule has 0 unspecified atom stereocenters. The predicted molar refractivity (Wildman–Crippen MR) is 123 cm³/mol. The molecule has 0 spiro atoms. The van der Waals surface area contributed by atoms with Crippen LogP contribution in [0.4, 0.5) is 11.8 Å². The van der Waals surface area contributed by atoms with E-state index in [2.05, 4.69) is 68.0 Å². The van der Waals surface area contributed by atoms with Crippen LogP contribution in [0, 0.1) is 0 Å². The molecule has 10 nitrogen and oxygen atoms in total. The van der Waals surface area contributed by atoms with Crippen molar-refractivity contribution in [2.45, 2.75) is 57.7 Å². The second-order valence-corrected chi connectivity index (χ2v) is 9.60. The molecule has 0 amide bonds. The molecule has 1 saturated heterocycles. The van der Waals surface area contributed by atoms with Gasteiger partial charge in [-0.25, -0.2) is 15.0 Å². The normalized spacial score (nSPS) is 17.8. The molecule has 3 heterocycles. The zero-order valence-electron chi connectivity index (χ0n) is 19.0. The van der Waals surface area contributed by atoms with Crippen LogP contribution in [-0.4, -0.2) is 59.4 Å². The number of phenols is 1. The molecule has 1 aromatic carbocycles. The summed E-state index contributed by atoms with van der Waals surface area (Å²) >= 11 is 0. The topological polar surface area (TPSA) is 139 Å². The summed E-state index contributed by atoms with van der Waals surface area (Å²) in [5.41, 5.74) is 6.75. The molecule has 0 aliphatic carbocycles. The van der Waals surface area contributed by atoms with Crippen molar-refractivity contribution in [1.82, 2.24) is 35.5 Å². The first-order valence-corrected chi connectivity index (χ1v) is 10.5. The highest BCUT2D eigenvalue weighted by molar-refractivity contribution is 5.70. The zero-order valence-corrected chi connectivity index (χ0v) is 19.0. The lowest BCUT2D eigenvalue weighted by atomic mass is 9.79. The van der Waals surface area contributed by atoms with Gasteiger partial charge in [0.25, 0.3) is 0 Å². The molecular formula is C22H29N9O. The lowest BCUT2D eigenvalue weighted by Crippen LogP contribution is -2.62. The van der Waals surface area contributed by atoms with Crippen LogP contribution in [0.5, 0.6) is 5.75 Å². The third kappa shape index (κ3) is 4.59. The minimum absolute atomic E-state index is 0.00578. The SMILES string of the molecule is CN(c1cnc(-c2ccc(-c3ncnc(N)n3)cc2O)nn1)C1CC(C)(C)NC(C)(C)C1. The predicted octanol–water partition coefficient (Wildman–Crippen LogP) is 2.42. The minimum Gasteiger partial charge on any atom is -0.507 e. The van der Waals surface area contributed by atoms with Gasteiger partial charge in [-0.15, -0.1) is 10.2 Å². The number of piperidine rings is 1. The van der Waals surface area contributed by atoms with Crippen LogP contribution in [0.25, 0.3) is 22.8 Å². The maximum atomic E-state index is 10.5. The standard InChI is InChI=1S/C22H29N9O/c1-21(2)9-14(10-22(3,4)30-21)31(5)17-11-24-19(29-28-17)15-7-6-13(8-16(15)32)18-25-12-26-20(23)27-18/h6-8,11-12,14,30,32H,9-10H2,1-5H3,(H2,23,25,26,27). The van der Waals surface area contributed by atoms with Gasteiger partial charge in [0.15, 0.2) is 17.5 Å². The lowest BCUT2D eigenvalue weighted by molar-refractivity contribution is 0.160. The van der Waals surface area contributed by atoms with Gasteiger partial charge in [0.1, 0.15) is 12.1 Å². The van der Waals surface area contributed by atoms with Crippen LogP contribution in [0.15, 0.2) is 30.7 Å². The van der Waals surface area contributed by atoms with Gasteiger partial charge in [-0.05, 0) is 52.7 Å². The first-order valence-electron chi connectivity index (χ1n) is 10.5. The van der Waals surface area contributed by atoms with Gasteiger partial charge < -0.3 is 21.1 Å². The molecular weight excluding hydrogens is 406 g/mol. The third-order valence-corrected chi connectivity index (χ3v) is 5.71. The number of nitrogens with one attached hydrogen (secondary N) is 1. The van der Waals surface area contributed by atoms with Gasteiger partial charge in [-0.3, -0.25) is 0 Å². The van der Waals surface area contributed by atoms with E-state index in [4.69, 9.17) is 5.73 Å². The lowest BCUT2D eigenvalue weighted by Gasteiger charge is -2.49. The van der Waals surface area contributed by atoms with E-state index in [1.165, 1.54) is 6.33 Å². The Morgan fingerprint density at radius 2 is 1.75 bits per heavy atom. The molecule has 32 heavy (non-hydrogen) atoms. The van der Waals surface area contributed by atoms with Crippen molar-refractivity contribution in [3.05, 3.63) is 30.7 Å². The van der Waals surface area contributed by atoms with Crippen molar-refractivity contribution in [3.8, 4) is 28.5 Å². The Morgan fingerprint density at radius 1 is 1.03 bits per heavy atom. The van der Waals surface area contributed by atoms with Crippen molar-refractivity contribution in [2.24, 2.45) is 0 Å². The number of rotatable bonds is 4. The molecule has 4 rings (SSSR count). The highest BCUT2D eigenvalue weighted by Crippen LogP contribution is 2.33. The number of nitrogens with two attached hydrogens (primary N) is 1. The maximum absolute atomic E-state index is 10.5. The third-order valence-electron chi connectivity index (χ3n) is 5.71. The van der Waals surface area contributed by atoms with Crippen LogP contribution in [0.1, 0.15) is 40.5 Å². The summed E-state index contributed by atoms with van der Waals surface area (Å²) in [6.07, 6.45) is 5.00. The smallest absolute Gasteiger partial charge is 0.223 e. The summed E-state index contributed by atoms with van der Waals surface area (Å²) in [6, 6.07) is 5.34. The number of anilines is 2. The molecule has 1 fully saturated rings. The summed E-state index contributed by atoms with van der Waals surface area (Å²) in [4.78, 5) is 18.5. The number of benzene rings is 1. The van der Waals surface area contributed by atoms with Crippen LogP contribution in [0.3, 0.4) is 0 Å². The van der Waals surface area contributed by atoms with E-state index in [0.29, 0.717) is 34.6 Å². The molecule has 0 bridgehead atoms. The van der Waals surface area contributed by atoms with E-state index in [0.717, 1.165) is 12.8 Å². The molecule has 0 saturated carbocycles. The Balaban J connectivity index is 1.55. The van der Waals surface area contributed by atoms with Gasteiger partial charge in [-0.2, -0.15) is 4.98 Å². The van der Waals surface area contributed by atoms with E-state index in [1.54, 1.807) is 24.4 Å². The minimum atomic E-state index is 0.00578. The van der Waals surface area contributed by atoms with Crippen LogP contribution in [-0.2, 0) is 0 Å². The highest BCUT2D eigenvalue weighted by atomic mass is 16.3. The van der Waals surface area contributed by atoms with E-state index >= 15 is 0 Å². The molecule has 3 aromatic rings. The molecule has 0 atom stereocenters. The van der Waals surface area contributed by atoms with Gasteiger partial charge in [-0.1, -0.05) is 6.07 Å². The fourth-order valence-electron chi connectivity index (χ4n) is 4.59. The number of nitrogen functional groups attached to an aromatic ring is 1. The molecule has 1 aliphatic rings. The second kappa shape index (κ2) is 7.94. The number of phenolic OH excluding ortho intramolecular Hbond substituents is 1. The quantitative estimate of drug-likeness (QED) is 0.560. The first-order chi connectivity index (χ1) is 15.0. The fourth-order valence-corrected chi connectivity index (χ4v) is 4.59. The van der Waals surface area contributed by atoms with Crippen LogP contribution < -0.4 is 16.0 Å². The van der Waals surface area contributed by atoms with Crippen molar-refractivity contribution >= 4 is 11.8 Å². The number of hydrogen-bond donors (Lipinski definition) is 3. The number of aromatic hydroxyl groups is 1. The maximum Gasteiger partial charge on any atom is 0.223 e. The zero-order chi connectivity index (χ0) is 23.1. The highest BCUT2D eigenvalue weighted by Gasteiger charge is 2.39. The van der Waals surface area contributed by atoms with E-state index < -0.39 is 0 Å². The van der Waals surface area contributed by atoms with Gasteiger partial charge in [0.2, 0.25) is 5.95 Å². The summed E-state index contributed by atoms with van der Waals surface area (Å²) in [5.74, 6) is 1.54. The van der Waals surface area contributed by atoms with Crippen molar-refractivity contribution in [1.29, 1.82) is 0 Å². The Hall–Kier alpha value is -3.40. The molecule has 1 aliphatic heterocycles. The monoisotopic (exact) mass is 435 g/mol. The summed E-state index contributed by atoms with van der Waals surface area (Å²) < 4.78 is 0. The summed E-state index contributed by atoms with van der Waals surface area (Å²) in [6.45, 7) is 8.89. The fraction of sp³-hybridized carbons (Fsp3) is 0.455. The molecule has 0 radical (unpaired) electrons. The number of hydrogen-bond acceptors (Lipinski definition) is 10. The van der Waals surface area contributed by atoms with E-state index in [1.807, 2.05) is 7.05 Å². The molecule has 10 heteroatoms. The van der Waals surface area contributed by atoms with Crippen molar-refractivity contribution < 1.29 is 5.11 Å². The van der Waals surface area contributed by atoms with Gasteiger partial charge in [0.05, 0.1) is 11.8 Å². The number of nitrogens with zero attached hydrogens (tertiary/aromatic N) is 7. The van der Waals surface area contributed by atoms with Gasteiger partial charge in [0, 0.05) is 29.7 Å². The summed E-state index contributed by atoms with van der Waals surface area (Å²) in [5, 5.41) is 22.9. The second-order valence-electron chi connectivity index (χ2n) is 9.60. The average Bonchev–Trinajstić information content (AvgIpc) is 2.71. The Morgan fingerprint density at radius 3 is 2.34 bits per heavy atom. The van der Waals surface area contributed by atoms with Crippen molar-refractivity contribution in [2.75, 3.05) is 17.7 Å². The van der Waals surface area contributed by atoms with Crippen LogP contribution in [0.2, 0.25) is 0 Å². The molecule has 4 N–H and O–H groups in total. The average molecular weight is 436 g/mol. The molecule has 168 valence electrons. The van der Waals surface area contributed by atoms with E-state index in [-0.39, 0.29) is 22.8 Å². The summed E-state index contributed by atoms with van der Waals surface area (Å²) in [7, 11) is 2.03. The van der Waals surface area contributed by atoms with Crippen molar-refractivity contribution in [3.63, 3.8) is 0 Å². The number of aromatic nitrogens is 6. The Labute approximate surface area is 187 Å². The molecule has 2 aromatic heterocycles. The van der Waals surface area contributed by atoms with Crippen LogP contribution >= 0.6 is 0 Å². The first kappa shape index (κ1) is 21.8. The van der Waals surface area contributed by atoms with Gasteiger partial charge >= 0.3 is 0 Å². The Bertz CT molecular complexity index is 1100. The largest absolute Gasteiger partial charge is 0.507 e. The van der Waals surface area contributed by atoms with E-state index in [9.17, 15) is 5.11 Å².